The highest BCUT2D eigenvalue weighted by molar-refractivity contribution is 6.34. The van der Waals surface area contributed by atoms with Gasteiger partial charge in [-0.05, 0) is 30.3 Å². The van der Waals surface area contributed by atoms with E-state index in [0.717, 1.165) is 0 Å². The molecular formula is C13H10ClN3O2. The fraction of sp³-hybridized carbons (Fsp3) is 0. The van der Waals surface area contributed by atoms with Crippen LogP contribution >= 0.6 is 11.6 Å². The molecule has 0 bridgehead atoms. The molecule has 2 amide bonds. The minimum absolute atomic E-state index is 0.281. The van der Waals surface area contributed by atoms with Crippen molar-refractivity contribution in [1.82, 2.24) is 4.98 Å². The Morgan fingerprint density at radius 2 is 1.84 bits per heavy atom. The van der Waals surface area contributed by atoms with Crippen LogP contribution in [0.25, 0.3) is 0 Å². The number of pyridine rings is 1. The Morgan fingerprint density at radius 3 is 2.42 bits per heavy atom. The summed E-state index contributed by atoms with van der Waals surface area (Å²) in [7, 11) is 0. The molecule has 0 aliphatic heterocycles. The van der Waals surface area contributed by atoms with Gasteiger partial charge in [0.2, 0.25) is 5.91 Å². The van der Waals surface area contributed by atoms with Gasteiger partial charge in [0.15, 0.2) is 0 Å². The molecule has 0 saturated heterocycles. The number of aromatic nitrogens is 1. The number of nitrogens with two attached hydrogens (primary N) is 1. The zero-order valence-corrected chi connectivity index (χ0v) is 10.5. The van der Waals surface area contributed by atoms with Gasteiger partial charge in [0, 0.05) is 23.6 Å². The second-order valence-electron chi connectivity index (χ2n) is 3.75. The molecule has 0 aliphatic rings. The number of carbonyl (C=O) groups is 2. The lowest BCUT2D eigenvalue weighted by atomic mass is 10.2. The molecule has 96 valence electrons. The molecule has 0 spiro atoms. The minimum atomic E-state index is -0.520. The van der Waals surface area contributed by atoms with Crippen LogP contribution in [0.5, 0.6) is 0 Å². The minimum Gasteiger partial charge on any atom is -0.366 e. The van der Waals surface area contributed by atoms with Crippen LogP contribution in [0.3, 0.4) is 0 Å². The van der Waals surface area contributed by atoms with E-state index in [2.05, 4.69) is 10.3 Å². The number of nitrogens with one attached hydrogen (secondary N) is 1. The molecular weight excluding hydrogens is 266 g/mol. The Bertz CT molecular complexity index is 626. The summed E-state index contributed by atoms with van der Waals surface area (Å²) in [5.74, 6) is -0.891. The molecule has 0 saturated carbocycles. The SMILES string of the molecule is NC(=O)c1ccc(NC(=O)c2cnccc2Cl)cc1. The van der Waals surface area contributed by atoms with E-state index in [1.165, 1.54) is 30.6 Å². The fourth-order valence-corrected chi connectivity index (χ4v) is 1.65. The second kappa shape index (κ2) is 5.49. The maximum absolute atomic E-state index is 11.9. The summed E-state index contributed by atoms with van der Waals surface area (Å²) in [6.07, 6.45) is 2.89. The first-order chi connectivity index (χ1) is 9.08. The lowest BCUT2D eigenvalue weighted by Gasteiger charge is -2.06. The van der Waals surface area contributed by atoms with Crippen LogP contribution < -0.4 is 11.1 Å². The molecule has 2 aromatic rings. The predicted molar refractivity (Wildman–Crippen MR) is 72.2 cm³/mol. The lowest BCUT2D eigenvalue weighted by Crippen LogP contribution is -2.14. The van der Waals surface area contributed by atoms with E-state index in [-0.39, 0.29) is 11.5 Å². The largest absolute Gasteiger partial charge is 0.366 e. The number of benzene rings is 1. The van der Waals surface area contributed by atoms with Crippen molar-refractivity contribution in [2.45, 2.75) is 0 Å². The van der Waals surface area contributed by atoms with Gasteiger partial charge in [-0.1, -0.05) is 11.6 Å². The maximum Gasteiger partial charge on any atom is 0.258 e. The third kappa shape index (κ3) is 3.08. The van der Waals surface area contributed by atoms with Crippen LogP contribution in [0.1, 0.15) is 20.7 Å². The Balaban J connectivity index is 2.15. The van der Waals surface area contributed by atoms with Gasteiger partial charge in [-0.3, -0.25) is 14.6 Å². The van der Waals surface area contributed by atoms with E-state index in [1.54, 1.807) is 12.1 Å². The number of hydrogen-bond acceptors (Lipinski definition) is 3. The molecule has 0 fully saturated rings. The first-order valence-electron chi connectivity index (χ1n) is 5.38. The highest BCUT2D eigenvalue weighted by Gasteiger charge is 2.10. The molecule has 3 N–H and O–H groups in total. The quantitative estimate of drug-likeness (QED) is 0.899. The Kier molecular flexibility index (Phi) is 3.77. The summed E-state index contributed by atoms with van der Waals surface area (Å²) in [5, 5.41) is 2.97. The van der Waals surface area contributed by atoms with Gasteiger partial charge in [0.25, 0.3) is 5.91 Å². The van der Waals surface area contributed by atoms with Gasteiger partial charge in [-0.2, -0.15) is 0 Å². The van der Waals surface area contributed by atoms with Crippen molar-refractivity contribution in [2.75, 3.05) is 5.32 Å². The van der Waals surface area contributed by atoms with E-state index in [0.29, 0.717) is 16.3 Å². The van der Waals surface area contributed by atoms with Gasteiger partial charge in [0.1, 0.15) is 0 Å². The maximum atomic E-state index is 11.9. The van der Waals surface area contributed by atoms with Crippen molar-refractivity contribution in [2.24, 2.45) is 5.73 Å². The van der Waals surface area contributed by atoms with Crippen LogP contribution in [0.15, 0.2) is 42.7 Å². The number of rotatable bonds is 3. The van der Waals surface area contributed by atoms with Crippen molar-refractivity contribution in [3.63, 3.8) is 0 Å². The molecule has 1 aromatic carbocycles. The number of anilines is 1. The number of carbonyl (C=O) groups excluding carboxylic acids is 2. The van der Waals surface area contributed by atoms with Gasteiger partial charge in [-0.15, -0.1) is 0 Å². The molecule has 0 radical (unpaired) electrons. The van der Waals surface area contributed by atoms with Crippen LogP contribution in [0, 0.1) is 0 Å². The van der Waals surface area contributed by atoms with Crippen LogP contribution in [0.2, 0.25) is 5.02 Å². The molecule has 0 atom stereocenters. The van der Waals surface area contributed by atoms with Crippen molar-refractivity contribution in [1.29, 1.82) is 0 Å². The van der Waals surface area contributed by atoms with Crippen molar-refractivity contribution >= 4 is 29.1 Å². The molecule has 6 heteroatoms. The van der Waals surface area contributed by atoms with Gasteiger partial charge >= 0.3 is 0 Å². The number of amides is 2. The van der Waals surface area contributed by atoms with Crippen LogP contribution in [-0.4, -0.2) is 16.8 Å². The van der Waals surface area contributed by atoms with Gasteiger partial charge in [0.05, 0.1) is 10.6 Å². The zero-order chi connectivity index (χ0) is 13.8. The smallest absolute Gasteiger partial charge is 0.258 e. The highest BCUT2D eigenvalue weighted by Crippen LogP contribution is 2.16. The third-order valence-electron chi connectivity index (χ3n) is 2.44. The highest BCUT2D eigenvalue weighted by atomic mass is 35.5. The summed E-state index contributed by atoms with van der Waals surface area (Å²) in [6, 6.07) is 7.77. The molecule has 0 aliphatic carbocycles. The summed E-state index contributed by atoms with van der Waals surface area (Å²) in [5.41, 5.74) is 6.31. The summed E-state index contributed by atoms with van der Waals surface area (Å²) < 4.78 is 0. The summed E-state index contributed by atoms with van der Waals surface area (Å²) in [6.45, 7) is 0. The summed E-state index contributed by atoms with van der Waals surface area (Å²) in [4.78, 5) is 26.7. The van der Waals surface area contributed by atoms with E-state index >= 15 is 0 Å². The molecule has 1 heterocycles. The standard InChI is InChI=1S/C13H10ClN3O2/c14-11-5-6-16-7-10(11)13(19)17-9-3-1-8(2-4-9)12(15)18/h1-7H,(H2,15,18)(H,17,19). The molecule has 5 nitrogen and oxygen atoms in total. The molecule has 0 unspecified atom stereocenters. The van der Waals surface area contributed by atoms with E-state index in [9.17, 15) is 9.59 Å². The average molecular weight is 276 g/mol. The van der Waals surface area contributed by atoms with Crippen molar-refractivity contribution in [3.05, 3.63) is 58.9 Å². The average Bonchev–Trinajstić information content (AvgIpc) is 2.39. The molecule has 1 aromatic heterocycles. The number of primary amides is 1. The lowest BCUT2D eigenvalue weighted by molar-refractivity contribution is 0.0998. The third-order valence-corrected chi connectivity index (χ3v) is 2.77. The second-order valence-corrected chi connectivity index (χ2v) is 4.16. The predicted octanol–water partition coefficient (Wildman–Crippen LogP) is 2.09. The van der Waals surface area contributed by atoms with Gasteiger partial charge < -0.3 is 11.1 Å². The molecule has 2 rings (SSSR count). The van der Waals surface area contributed by atoms with Crippen molar-refractivity contribution in [3.8, 4) is 0 Å². The Labute approximate surface area is 114 Å². The fourth-order valence-electron chi connectivity index (χ4n) is 1.46. The Hall–Kier alpha value is -2.40. The Morgan fingerprint density at radius 1 is 1.16 bits per heavy atom. The number of hydrogen-bond donors (Lipinski definition) is 2. The normalized spacial score (nSPS) is 9.95. The van der Waals surface area contributed by atoms with Gasteiger partial charge in [-0.25, -0.2) is 0 Å². The van der Waals surface area contributed by atoms with E-state index in [1.807, 2.05) is 0 Å². The van der Waals surface area contributed by atoms with Crippen molar-refractivity contribution < 1.29 is 9.59 Å². The first-order valence-corrected chi connectivity index (χ1v) is 5.76. The van der Waals surface area contributed by atoms with E-state index in [4.69, 9.17) is 17.3 Å². The zero-order valence-electron chi connectivity index (χ0n) is 9.76. The topological polar surface area (TPSA) is 85.1 Å². The van der Waals surface area contributed by atoms with Crippen LogP contribution in [-0.2, 0) is 0 Å². The number of nitrogens with zero attached hydrogens (tertiary/aromatic N) is 1. The first kappa shape index (κ1) is 13.0. The molecule has 19 heavy (non-hydrogen) atoms. The monoisotopic (exact) mass is 275 g/mol. The number of halogens is 1. The van der Waals surface area contributed by atoms with E-state index < -0.39 is 5.91 Å². The summed E-state index contributed by atoms with van der Waals surface area (Å²) >= 11 is 5.89. The van der Waals surface area contributed by atoms with Crippen LogP contribution in [0.4, 0.5) is 5.69 Å².